The van der Waals surface area contributed by atoms with Crippen LogP contribution in [0.5, 0.6) is 5.75 Å². The van der Waals surface area contributed by atoms with Crippen LogP contribution < -0.4 is 21.1 Å². The average molecular weight is 919 g/mol. The van der Waals surface area contributed by atoms with Gasteiger partial charge in [0, 0.05) is 92.3 Å². The van der Waals surface area contributed by atoms with Crippen LogP contribution in [-0.2, 0) is 25.5 Å². The molecular weight excluding hydrogens is 868 g/mol. The number of anilines is 2. The molecule has 4 aliphatic heterocycles. The van der Waals surface area contributed by atoms with Crippen LogP contribution >= 0.6 is 23.2 Å². The van der Waals surface area contributed by atoms with Gasteiger partial charge in [0.05, 0.1) is 35.0 Å². The quantitative estimate of drug-likeness (QED) is 0.0656. The predicted molar refractivity (Wildman–Crippen MR) is 237 cm³/mol. The normalized spacial score (nSPS) is 18.3. The van der Waals surface area contributed by atoms with Crippen molar-refractivity contribution in [3.8, 4) is 16.9 Å². The molecule has 4 aliphatic rings. The van der Waals surface area contributed by atoms with E-state index in [0.717, 1.165) is 67.8 Å². The largest absolute Gasteiger partial charge is 0.489 e. The summed E-state index contributed by atoms with van der Waals surface area (Å²) >= 11 is 12.3. The number of carbonyl (C=O) groups is 5. The highest BCUT2D eigenvalue weighted by Gasteiger charge is 2.45. The maximum Gasteiger partial charge on any atom is 0.264 e. The van der Waals surface area contributed by atoms with E-state index in [1.54, 1.807) is 36.7 Å². The molecule has 0 saturated carbocycles. The van der Waals surface area contributed by atoms with Gasteiger partial charge in [-0.3, -0.25) is 38.9 Å². The molecule has 0 aliphatic carbocycles. The van der Waals surface area contributed by atoms with Crippen LogP contribution in [0.3, 0.4) is 0 Å². The lowest BCUT2D eigenvalue weighted by molar-refractivity contribution is -0.138. The Balaban J connectivity index is 0.684. The zero-order valence-corrected chi connectivity index (χ0v) is 36.7. The number of nitrogens with zero attached hydrogens (tertiary/aromatic N) is 6. The molecule has 0 radical (unpaired) electrons. The van der Waals surface area contributed by atoms with Gasteiger partial charge in [0.25, 0.3) is 11.8 Å². The zero-order chi connectivity index (χ0) is 44.9. The highest BCUT2D eigenvalue weighted by Crippen LogP contribution is 2.34. The minimum atomic E-state index is -0.996. The number of nitrogens with one attached hydrogen (secondary N) is 2. The SMILES string of the molecule is Nc1ncc(-c2cnn(C3CCN(C(=O)COCCCCCN4CC(CNc5cccc6c5C(=O)N([C@H]5CCC(=O)NC5=O)C6=O)C4)CC3)c2)cc1OCCc1c(Cl)ccc(F)c1Cl. The van der Waals surface area contributed by atoms with Crippen molar-refractivity contribution < 1.29 is 37.8 Å². The molecule has 64 heavy (non-hydrogen) atoms. The maximum absolute atomic E-state index is 13.9. The maximum atomic E-state index is 13.9. The van der Waals surface area contributed by atoms with Crippen LogP contribution in [0.1, 0.15) is 77.3 Å². The first-order chi connectivity index (χ1) is 30.9. The minimum absolute atomic E-state index is 0.00896. The summed E-state index contributed by atoms with van der Waals surface area (Å²) in [5.41, 5.74) is 9.28. The number of carbonyl (C=O) groups excluding carboxylic acids is 5. The Kier molecular flexibility index (Phi) is 14.1. The average Bonchev–Trinajstić information content (AvgIpc) is 3.87. The fourth-order valence-electron chi connectivity index (χ4n) is 8.73. The minimum Gasteiger partial charge on any atom is -0.489 e. The molecule has 3 fully saturated rings. The Bertz CT molecular complexity index is 2420. The number of likely N-dealkylation sites (tertiary alicyclic amines) is 2. The van der Waals surface area contributed by atoms with Crippen LogP contribution in [0, 0.1) is 11.7 Å². The molecule has 1 atom stereocenters. The summed E-state index contributed by atoms with van der Waals surface area (Å²) in [5, 5.41) is 10.5. The van der Waals surface area contributed by atoms with E-state index in [2.05, 4.69) is 25.6 Å². The molecule has 0 bridgehead atoms. The first-order valence-corrected chi connectivity index (χ1v) is 22.4. The Hall–Kier alpha value is -5.62. The van der Waals surface area contributed by atoms with Crippen molar-refractivity contribution in [3.05, 3.63) is 87.5 Å². The summed E-state index contributed by atoms with van der Waals surface area (Å²) < 4.78 is 27.5. The Labute approximate surface area is 379 Å². The summed E-state index contributed by atoms with van der Waals surface area (Å²) in [7, 11) is 0. The van der Waals surface area contributed by atoms with E-state index in [4.69, 9.17) is 38.4 Å². The number of pyridine rings is 1. The number of amides is 5. The van der Waals surface area contributed by atoms with Crippen molar-refractivity contribution >= 4 is 64.2 Å². The zero-order valence-electron chi connectivity index (χ0n) is 35.2. The number of unbranched alkanes of at least 4 members (excludes halogenated alkanes) is 2. The van der Waals surface area contributed by atoms with Gasteiger partial charge >= 0.3 is 0 Å². The van der Waals surface area contributed by atoms with E-state index in [9.17, 15) is 28.4 Å². The molecule has 338 valence electrons. The number of hydrogen-bond donors (Lipinski definition) is 3. The lowest BCUT2D eigenvalue weighted by Gasteiger charge is -2.39. The van der Waals surface area contributed by atoms with Crippen molar-refractivity contribution in [1.29, 1.82) is 0 Å². The molecule has 19 heteroatoms. The number of benzene rings is 2. The highest BCUT2D eigenvalue weighted by molar-refractivity contribution is 6.36. The lowest BCUT2D eigenvalue weighted by atomic mass is 9.99. The molecule has 0 unspecified atom stereocenters. The Morgan fingerprint density at radius 2 is 1.78 bits per heavy atom. The number of piperidine rings is 2. The van der Waals surface area contributed by atoms with E-state index < -0.39 is 35.5 Å². The number of hydrogen-bond acceptors (Lipinski definition) is 12. The van der Waals surface area contributed by atoms with Gasteiger partial charge in [-0.15, -0.1) is 0 Å². The molecular formula is C45H50Cl2FN9O7. The fraction of sp³-hybridized carbons (Fsp3) is 0.444. The summed E-state index contributed by atoms with van der Waals surface area (Å²) in [6, 6.07) is 8.71. The first kappa shape index (κ1) is 45.0. The van der Waals surface area contributed by atoms with Crippen molar-refractivity contribution in [1.82, 2.24) is 34.8 Å². The van der Waals surface area contributed by atoms with Crippen LogP contribution in [0.15, 0.2) is 55.0 Å². The molecule has 2 aromatic carbocycles. The summed E-state index contributed by atoms with van der Waals surface area (Å²) in [4.78, 5) is 73.0. The number of imide groups is 2. The molecule has 5 amide bonds. The van der Waals surface area contributed by atoms with Gasteiger partial charge in [-0.2, -0.15) is 5.10 Å². The van der Waals surface area contributed by atoms with Crippen molar-refractivity contribution in [3.63, 3.8) is 0 Å². The molecule has 0 spiro atoms. The molecule has 2 aromatic heterocycles. The summed E-state index contributed by atoms with van der Waals surface area (Å²) in [6.45, 7) is 5.44. The summed E-state index contributed by atoms with van der Waals surface area (Å²) in [5.74, 6) is -1.62. The first-order valence-electron chi connectivity index (χ1n) is 21.7. The lowest BCUT2D eigenvalue weighted by Crippen LogP contribution is -2.54. The third kappa shape index (κ3) is 10.0. The Morgan fingerprint density at radius 1 is 0.969 bits per heavy atom. The molecule has 4 aromatic rings. The Morgan fingerprint density at radius 3 is 2.58 bits per heavy atom. The second-order valence-electron chi connectivity index (χ2n) is 16.6. The van der Waals surface area contributed by atoms with E-state index >= 15 is 0 Å². The van der Waals surface area contributed by atoms with Gasteiger partial charge < -0.3 is 30.3 Å². The van der Waals surface area contributed by atoms with Crippen LogP contribution in [0.4, 0.5) is 15.9 Å². The van der Waals surface area contributed by atoms with E-state index in [0.29, 0.717) is 54.2 Å². The van der Waals surface area contributed by atoms with E-state index in [1.807, 2.05) is 15.8 Å². The van der Waals surface area contributed by atoms with Gasteiger partial charge in [-0.25, -0.2) is 9.37 Å². The van der Waals surface area contributed by atoms with Crippen molar-refractivity contribution in [2.45, 2.75) is 63.5 Å². The van der Waals surface area contributed by atoms with Gasteiger partial charge in [-0.05, 0) is 81.0 Å². The number of nitrogen functional groups attached to an aromatic ring is 1. The number of halogens is 3. The second-order valence-corrected chi connectivity index (χ2v) is 17.4. The monoisotopic (exact) mass is 917 g/mol. The standard InChI is InChI=1S/C45H50Cl2FN9O7/c46-33-7-8-34(48)41(47)31(33)13-18-64-37-19-28(21-51-42(37)49)29-22-52-56(25-29)30-11-15-55(16-12-30)39(59)26-63-17-3-1-2-14-54-23-27(24-54)20-50-35-6-4-5-32-40(35)45(62)57(44(32)61)36-9-10-38(58)53-43(36)60/h4-8,19,21-22,25,27,30,36,50H,1-3,9-18,20,23-24,26H2,(H2,49,51)(H,53,58,60)/t36-/m0/s1. The van der Waals surface area contributed by atoms with Gasteiger partial charge in [0.15, 0.2) is 11.6 Å². The third-order valence-corrected chi connectivity index (χ3v) is 13.1. The summed E-state index contributed by atoms with van der Waals surface area (Å²) in [6.07, 6.45) is 10.3. The molecule has 8 rings (SSSR count). The van der Waals surface area contributed by atoms with Crippen LogP contribution in [-0.4, -0.2) is 124 Å². The number of rotatable bonds is 18. The van der Waals surface area contributed by atoms with E-state index in [-0.39, 0.29) is 66.4 Å². The van der Waals surface area contributed by atoms with Crippen LogP contribution in [0.2, 0.25) is 10.0 Å². The molecule has 3 saturated heterocycles. The molecule has 6 heterocycles. The smallest absolute Gasteiger partial charge is 0.264 e. The highest BCUT2D eigenvalue weighted by atomic mass is 35.5. The molecule has 4 N–H and O–H groups in total. The molecule has 16 nitrogen and oxygen atoms in total. The predicted octanol–water partition coefficient (Wildman–Crippen LogP) is 5.39. The number of ether oxygens (including phenoxy) is 2. The van der Waals surface area contributed by atoms with Gasteiger partial charge in [0.2, 0.25) is 17.7 Å². The second kappa shape index (κ2) is 20.0. The number of fused-ring (bicyclic) bond motifs is 1. The fourth-order valence-corrected chi connectivity index (χ4v) is 9.29. The number of aromatic nitrogens is 3. The van der Waals surface area contributed by atoms with Gasteiger partial charge in [-0.1, -0.05) is 29.3 Å². The topological polar surface area (TPSA) is 194 Å². The third-order valence-electron chi connectivity index (χ3n) is 12.3. The van der Waals surface area contributed by atoms with Crippen molar-refractivity contribution in [2.75, 3.05) is 70.1 Å². The van der Waals surface area contributed by atoms with Crippen LogP contribution in [0.25, 0.3) is 11.1 Å². The van der Waals surface area contributed by atoms with E-state index in [1.165, 1.54) is 12.1 Å². The van der Waals surface area contributed by atoms with Gasteiger partial charge in [0.1, 0.15) is 18.5 Å². The number of nitrogens with two attached hydrogens (primary N) is 1. The van der Waals surface area contributed by atoms with Crippen molar-refractivity contribution in [2.24, 2.45) is 5.92 Å².